The minimum atomic E-state index is -0.917. The fourth-order valence-electron chi connectivity index (χ4n) is 0. The average Bonchev–Trinajstić information content (AvgIpc) is 1.25. The Labute approximate surface area is 68.0 Å². The van der Waals surface area contributed by atoms with Gasteiger partial charge in [0, 0.05) is 0 Å². The van der Waals surface area contributed by atoms with Crippen LogP contribution in [0.3, 0.4) is 0 Å². The predicted octanol–water partition coefficient (Wildman–Crippen LogP) is -2.70. The zero-order chi connectivity index (χ0) is 7.15. The minimum Gasteiger partial charge on any atom is -0.841 e. The third-order valence-electron chi connectivity index (χ3n) is 0. The maximum atomic E-state index is 9.31. The normalized spacial score (nSPS) is 14.0. The molecule has 0 aliphatic carbocycles. The van der Waals surface area contributed by atoms with Crippen LogP contribution in [0.25, 0.3) is 0 Å². The van der Waals surface area contributed by atoms with Crippen molar-refractivity contribution in [2.75, 3.05) is 0 Å². The first-order valence-electron chi connectivity index (χ1n) is 2.29. The molecule has 0 amide bonds. The van der Waals surface area contributed by atoms with E-state index in [0.29, 0.717) is 0 Å². The van der Waals surface area contributed by atoms with E-state index in [4.69, 9.17) is 0 Å². The monoisotopic (exact) mass is 184 g/mol. The summed E-state index contributed by atoms with van der Waals surface area (Å²) in [4.78, 5) is 0. The van der Waals surface area contributed by atoms with Crippen molar-refractivity contribution >= 4 is 0 Å². The van der Waals surface area contributed by atoms with Crippen LogP contribution in [0.15, 0.2) is 0 Å². The molecule has 0 aromatic heterocycles. The van der Waals surface area contributed by atoms with Gasteiger partial charge in [-0.15, -0.1) is 0 Å². The molecule has 0 fully saturated rings. The zero-order valence-electron chi connectivity index (χ0n) is 5.83. The van der Waals surface area contributed by atoms with Crippen LogP contribution in [0.1, 0.15) is 13.8 Å². The maximum Gasteiger partial charge on any atom is 2.00 e. The molecule has 0 radical (unpaired) electrons. The molecule has 2 unspecified atom stereocenters. The first-order chi connectivity index (χ1) is 3.46. The largest absolute Gasteiger partial charge is 2.00 e. The zero-order valence-corrected chi connectivity index (χ0v) is 8.80. The van der Waals surface area contributed by atoms with Crippen LogP contribution < -0.4 is 21.7 Å². The molecule has 9 heavy (non-hydrogen) atoms. The van der Waals surface area contributed by atoms with Gasteiger partial charge >= 0.3 is 19.5 Å². The first-order valence-corrected chi connectivity index (χ1v) is 2.29. The Balaban J connectivity index is -0.0000000720. The Bertz CT molecular complexity index is 32.0. The summed E-state index contributed by atoms with van der Waals surface area (Å²) in [6.45, 7) is 2.78. The number of hydrogen-bond acceptors (Lipinski definition) is 4. The van der Waals surface area contributed by atoms with Crippen LogP contribution in [0.2, 0.25) is 0 Å². The second-order valence-electron chi connectivity index (χ2n) is 1.41. The molecule has 0 aliphatic heterocycles. The fraction of sp³-hybridized carbons (Fsp3) is 1.00. The van der Waals surface area contributed by atoms with Crippen molar-refractivity contribution in [1.29, 1.82) is 0 Å². The quantitative estimate of drug-likeness (QED) is 0.317. The van der Waals surface area contributed by atoms with E-state index < -0.39 is 12.5 Å². The summed E-state index contributed by atoms with van der Waals surface area (Å²) in [6.07, 6.45) is -1.83. The van der Waals surface area contributed by atoms with Gasteiger partial charge in [0.2, 0.25) is 0 Å². The second-order valence-corrected chi connectivity index (χ2v) is 1.41. The van der Waals surface area contributed by atoms with Crippen molar-refractivity contribution in [1.82, 2.24) is 0 Å². The molecule has 0 aromatic carbocycles. The molecule has 0 spiro atoms. The molecule has 0 heterocycles. The summed E-state index contributed by atoms with van der Waals surface area (Å²) in [5.41, 5.74) is 9.11. The van der Waals surface area contributed by atoms with E-state index in [1.165, 1.54) is 13.8 Å². The SMILES string of the molecule is CC(N)[O-].CC(N)[O-].[Zn+2]. The van der Waals surface area contributed by atoms with Crippen molar-refractivity contribution in [2.45, 2.75) is 26.3 Å². The third-order valence-corrected chi connectivity index (χ3v) is 0. The molecule has 0 rings (SSSR count). The van der Waals surface area contributed by atoms with Crippen LogP contribution in [0, 0.1) is 0 Å². The van der Waals surface area contributed by atoms with Crippen molar-refractivity contribution < 1.29 is 29.7 Å². The number of rotatable bonds is 0. The van der Waals surface area contributed by atoms with Gasteiger partial charge in [-0.25, -0.2) is 0 Å². The Morgan fingerprint density at radius 1 is 1.00 bits per heavy atom. The van der Waals surface area contributed by atoms with Crippen molar-refractivity contribution in [2.24, 2.45) is 11.5 Å². The summed E-state index contributed by atoms with van der Waals surface area (Å²) in [5, 5.41) is 18.6. The molecule has 4 N–H and O–H groups in total. The van der Waals surface area contributed by atoms with Gasteiger partial charge in [0.25, 0.3) is 0 Å². The molecule has 0 saturated heterocycles. The predicted molar refractivity (Wildman–Crippen MR) is 27.3 cm³/mol. The molecule has 52 valence electrons. The van der Waals surface area contributed by atoms with Gasteiger partial charge in [0.1, 0.15) is 0 Å². The molecular weight excluding hydrogens is 173 g/mol. The van der Waals surface area contributed by atoms with Crippen LogP contribution in [0.5, 0.6) is 0 Å². The van der Waals surface area contributed by atoms with Crippen molar-refractivity contribution in [3.63, 3.8) is 0 Å². The summed E-state index contributed by atoms with van der Waals surface area (Å²) >= 11 is 0. The smallest absolute Gasteiger partial charge is 0.841 e. The molecule has 0 aromatic rings. The van der Waals surface area contributed by atoms with Gasteiger partial charge < -0.3 is 21.7 Å². The average molecular weight is 186 g/mol. The summed E-state index contributed by atoms with van der Waals surface area (Å²) in [7, 11) is 0. The molecular formula is C4H12N2O2Zn. The van der Waals surface area contributed by atoms with Crippen LogP contribution in [0.4, 0.5) is 0 Å². The Morgan fingerprint density at radius 2 is 1.00 bits per heavy atom. The van der Waals surface area contributed by atoms with E-state index >= 15 is 0 Å². The third kappa shape index (κ3) is 1650. The standard InChI is InChI=1S/2C2H6NO.Zn/c2*1-2(3)4;/h2*2H,3H2,1H3;/q2*-1;+2. The maximum absolute atomic E-state index is 9.31. The topological polar surface area (TPSA) is 98.2 Å². The minimum absolute atomic E-state index is 0. The second kappa shape index (κ2) is 11.3. The van der Waals surface area contributed by atoms with Crippen LogP contribution in [-0.4, -0.2) is 12.5 Å². The first kappa shape index (κ1) is 16.2. The van der Waals surface area contributed by atoms with Gasteiger partial charge in [-0.1, -0.05) is 26.3 Å². The summed E-state index contributed by atoms with van der Waals surface area (Å²) < 4.78 is 0. The van der Waals surface area contributed by atoms with Gasteiger partial charge in [0.15, 0.2) is 0 Å². The fourth-order valence-corrected chi connectivity index (χ4v) is 0. The van der Waals surface area contributed by atoms with Gasteiger partial charge in [-0.2, -0.15) is 0 Å². The van der Waals surface area contributed by atoms with Gasteiger partial charge in [-0.05, 0) is 0 Å². The van der Waals surface area contributed by atoms with E-state index in [1.54, 1.807) is 0 Å². The van der Waals surface area contributed by atoms with Crippen molar-refractivity contribution in [3.8, 4) is 0 Å². The van der Waals surface area contributed by atoms with E-state index in [0.717, 1.165) is 0 Å². The summed E-state index contributed by atoms with van der Waals surface area (Å²) in [6, 6.07) is 0. The molecule has 0 saturated carbocycles. The number of nitrogens with two attached hydrogens (primary N) is 2. The van der Waals surface area contributed by atoms with Crippen LogP contribution in [-0.2, 0) is 19.5 Å². The Kier molecular flexibility index (Phi) is 20.3. The molecule has 5 heteroatoms. The van der Waals surface area contributed by atoms with E-state index in [-0.39, 0.29) is 19.5 Å². The molecule has 2 atom stereocenters. The molecule has 0 aliphatic rings. The Hall–Kier alpha value is 0.463. The molecule has 4 nitrogen and oxygen atoms in total. The van der Waals surface area contributed by atoms with Crippen molar-refractivity contribution in [3.05, 3.63) is 0 Å². The summed E-state index contributed by atoms with van der Waals surface area (Å²) in [5.74, 6) is 0. The van der Waals surface area contributed by atoms with Crippen LogP contribution >= 0.6 is 0 Å². The molecule has 0 bridgehead atoms. The van der Waals surface area contributed by atoms with Gasteiger partial charge in [0.05, 0.1) is 0 Å². The number of hydrogen-bond donors (Lipinski definition) is 2. The van der Waals surface area contributed by atoms with E-state index in [2.05, 4.69) is 11.5 Å². The Morgan fingerprint density at radius 3 is 1.00 bits per heavy atom. The van der Waals surface area contributed by atoms with Gasteiger partial charge in [-0.3, -0.25) is 0 Å². The van der Waals surface area contributed by atoms with E-state index in [1.807, 2.05) is 0 Å². The van der Waals surface area contributed by atoms with E-state index in [9.17, 15) is 10.2 Å².